The lowest BCUT2D eigenvalue weighted by Crippen LogP contribution is -2.41. The molecule has 2 heterocycles. The molecule has 2 saturated heterocycles. The van der Waals surface area contributed by atoms with E-state index in [4.69, 9.17) is 0 Å². The zero-order valence-electron chi connectivity index (χ0n) is 11.7. The SMILES string of the molecule is CNCCCC(=O)N1CCC(N2CCCCC2)C1. The first-order valence-corrected chi connectivity index (χ1v) is 7.47. The van der Waals surface area contributed by atoms with Crippen molar-refractivity contribution in [1.82, 2.24) is 15.1 Å². The molecule has 4 heteroatoms. The van der Waals surface area contributed by atoms with Gasteiger partial charge in [-0.1, -0.05) is 6.42 Å². The Hall–Kier alpha value is -0.610. The van der Waals surface area contributed by atoms with Gasteiger partial charge in [-0.2, -0.15) is 0 Å². The van der Waals surface area contributed by atoms with Crippen LogP contribution in [0.1, 0.15) is 38.5 Å². The fourth-order valence-corrected chi connectivity index (χ4v) is 3.12. The Kier molecular flexibility index (Phi) is 5.45. The molecule has 1 unspecified atom stereocenters. The number of nitrogens with zero attached hydrogens (tertiary/aromatic N) is 2. The highest BCUT2D eigenvalue weighted by Gasteiger charge is 2.30. The maximum atomic E-state index is 12.0. The lowest BCUT2D eigenvalue weighted by molar-refractivity contribution is -0.130. The van der Waals surface area contributed by atoms with Crippen LogP contribution >= 0.6 is 0 Å². The van der Waals surface area contributed by atoms with Crippen LogP contribution in [-0.4, -0.2) is 61.5 Å². The topological polar surface area (TPSA) is 35.6 Å². The van der Waals surface area contributed by atoms with Crippen molar-refractivity contribution in [1.29, 1.82) is 0 Å². The van der Waals surface area contributed by atoms with E-state index in [1.165, 1.54) is 38.8 Å². The summed E-state index contributed by atoms with van der Waals surface area (Å²) < 4.78 is 0. The first kappa shape index (κ1) is 13.8. The summed E-state index contributed by atoms with van der Waals surface area (Å²) in [5.41, 5.74) is 0. The highest BCUT2D eigenvalue weighted by Crippen LogP contribution is 2.20. The fraction of sp³-hybridized carbons (Fsp3) is 0.929. The van der Waals surface area contributed by atoms with E-state index in [1.807, 2.05) is 7.05 Å². The average molecular weight is 253 g/mol. The number of carbonyl (C=O) groups excluding carboxylic acids is 1. The summed E-state index contributed by atoms with van der Waals surface area (Å²) in [4.78, 5) is 16.7. The van der Waals surface area contributed by atoms with Gasteiger partial charge in [0.15, 0.2) is 0 Å². The second kappa shape index (κ2) is 7.10. The molecule has 0 aromatic heterocycles. The van der Waals surface area contributed by atoms with Crippen molar-refractivity contribution in [2.24, 2.45) is 0 Å². The number of likely N-dealkylation sites (tertiary alicyclic amines) is 2. The highest BCUT2D eigenvalue weighted by molar-refractivity contribution is 5.76. The molecule has 4 nitrogen and oxygen atoms in total. The van der Waals surface area contributed by atoms with Gasteiger partial charge in [0.05, 0.1) is 0 Å². The Morgan fingerprint density at radius 3 is 2.72 bits per heavy atom. The van der Waals surface area contributed by atoms with E-state index >= 15 is 0 Å². The summed E-state index contributed by atoms with van der Waals surface area (Å²) in [6.45, 7) is 5.37. The lowest BCUT2D eigenvalue weighted by atomic mass is 10.1. The highest BCUT2D eigenvalue weighted by atomic mass is 16.2. The van der Waals surface area contributed by atoms with E-state index in [0.29, 0.717) is 18.4 Å². The van der Waals surface area contributed by atoms with Gasteiger partial charge in [-0.05, 0) is 52.4 Å². The number of rotatable bonds is 5. The van der Waals surface area contributed by atoms with Crippen molar-refractivity contribution in [3.63, 3.8) is 0 Å². The first-order valence-electron chi connectivity index (χ1n) is 7.47. The molecule has 2 aliphatic rings. The van der Waals surface area contributed by atoms with Crippen LogP contribution in [-0.2, 0) is 4.79 Å². The van der Waals surface area contributed by atoms with E-state index < -0.39 is 0 Å². The first-order chi connectivity index (χ1) is 8.81. The maximum absolute atomic E-state index is 12.0. The van der Waals surface area contributed by atoms with Crippen molar-refractivity contribution >= 4 is 5.91 Å². The van der Waals surface area contributed by atoms with Crippen molar-refractivity contribution < 1.29 is 4.79 Å². The van der Waals surface area contributed by atoms with Gasteiger partial charge in [0.25, 0.3) is 0 Å². The van der Waals surface area contributed by atoms with Gasteiger partial charge in [0.1, 0.15) is 0 Å². The zero-order chi connectivity index (χ0) is 12.8. The Balaban J connectivity index is 1.71. The van der Waals surface area contributed by atoms with Crippen LogP contribution in [0.3, 0.4) is 0 Å². The Morgan fingerprint density at radius 2 is 2.00 bits per heavy atom. The molecule has 0 spiro atoms. The van der Waals surface area contributed by atoms with Crippen LogP contribution in [0.15, 0.2) is 0 Å². The van der Waals surface area contributed by atoms with Crippen molar-refractivity contribution in [2.75, 3.05) is 39.8 Å². The molecular formula is C14H27N3O. The molecule has 1 N–H and O–H groups in total. The number of carbonyl (C=O) groups is 1. The predicted molar refractivity (Wildman–Crippen MR) is 73.6 cm³/mol. The van der Waals surface area contributed by atoms with Gasteiger partial charge in [0, 0.05) is 25.6 Å². The molecule has 0 aliphatic carbocycles. The Morgan fingerprint density at radius 1 is 1.22 bits per heavy atom. The molecule has 104 valence electrons. The number of hydrogen-bond donors (Lipinski definition) is 1. The molecule has 0 saturated carbocycles. The van der Waals surface area contributed by atoms with Gasteiger partial charge >= 0.3 is 0 Å². The van der Waals surface area contributed by atoms with Gasteiger partial charge in [0.2, 0.25) is 5.91 Å². The minimum absolute atomic E-state index is 0.352. The summed E-state index contributed by atoms with van der Waals surface area (Å²) in [5, 5.41) is 3.10. The van der Waals surface area contributed by atoms with Crippen molar-refractivity contribution in [2.45, 2.75) is 44.6 Å². The lowest BCUT2D eigenvalue weighted by Gasteiger charge is -2.32. The van der Waals surface area contributed by atoms with E-state index in [0.717, 1.165) is 26.1 Å². The maximum Gasteiger partial charge on any atom is 0.222 e. The molecule has 2 aliphatic heterocycles. The average Bonchev–Trinajstić information content (AvgIpc) is 2.89. The molecule has 0 radical (unpaired) electrons. The van der Waals surface area contributed by atoms with Gasteiger partial charge in [-0.15, -0.1) is 0 Å². The van der Waals surface area contributed by atoms with E-state index in [9.17, 15) is 4.79 Å². The van der Waals surface area contributed by atoms with Crippen molar-refractivity contribution in [3.05, 3.63) is 0 Å². The van der Waals surface area contributed by atoms with Crippen LogP contribution in [0.2, 0.25) is 0 Å². The second-order valence-corrected chi connectivity index (χ2v) is 5.59. The summed E-state index contributed by atoms with van der Waals surface area (Å²) in [7, 11) is 1.94. The largest absolute Gasteiger partial charge is 0.341 e. The van der Waals surface area contributed by atoms with Gasteiger partial charge in [-0.25, -0.2) is 0 Å². The summed E-state index contributed by atoms with van der Waals surface area (Å²) in [6.07, 6.45) is 6.90. The molecule has 18 heavy (non-hydrogen) atoms. The standard InChI is InChI=1S/C14H27N3O/c1-15-8-5-6-14(18)17-11-7-13(12-17)16-9-3-2-4-10-16/h13,15H,2-12H2,1H3. The zero-order valence-corrected chi connectivity index (χ0v) is 11.7. The van der Waals surface area contributed by atoms with Gasteiger partial charge in [-0.3, -0.25) is 9.69 Å². The monoisotopic (exact) mass is 253 g/mol. The van der Waals surface area contributed by atoms with Crippen LogP contribution in [0, 0.1) is 0 Å². The molecule has 2 fully saturated rings. The molecule has 1 amide bonds. The minimum Gasteiger partial charge on any atom is -0.341 e. The second-order valence-electron chi connectivity index (χ2n) is 5.59. The van der Waals surface area contributed by atoms with Crippen LogP contribution < -0.4 is 5.32 Å². The predicted octanol–water partition coefficient (Wildman–Crippen LogP) is 1.07. The molecule has 2 rings (SSSR count). The van der Waals surface area contributed by atoms with Gasteiger partial charge < -0.3 is 10.2 Å². The number of nitrogens with one attached hydrogen (secondary N) is 1. The summed E-state index contributed by atoms with van der Waals surface area (Å²) >= 11 is 0. The molecular weight excluding hydrogens is 226 g/mol. The molecule has 0 aromatic rings. The third kappa shape index (κ3) is 3.69. The van der Waals surface area contributed by atoms with E-state index in [2.05, 4.69) is 15.1 Å². The number of amides is 1. The summed E-state index contributed by atoms with van der Waals surface area (Å²) in [5.74, 6) is 0.352. The quantitative estimate of drug-likeness (QED) is 0.745. The third-order valence-corrected chi connectivity index (χ3v) is 4.24. The van der Waals surface area contributed by atoms with Crippen LogP contribution in [0.25, 0.3) is 0 Å². The third-order valence-electron chi connectivity index (χ3n) is 4.24. The molecule has 0 bridgehead atoms. The van der Waals surface area contributed by atoms with E-state index in [1.54, 1.807) is 0 Å². The normalized spacial score (nSPS) is 25.6. The van der Waals surface area contributed by atoms with Crippen LogP contribution in [0.5, 0.6) is 0 Å². The Labute approximate surface area is 111 Å². The van der Waals surface area contributed by atoms with Crippen molar-refractivity contribution in [3.8, 4) is 0 Å². The Bertz CT molecular complexity index is 264. The number of piperidine rings is 1. The minimum atomic E-state index is 0.352. The fourth-order valence-electron chi connectivity index (χ4n) is 3.12. The number of hydrogen-bond acceptors (Lipinski definition) is 3. The van der Waals surface area contributed by atoms with E-state index in [-0.39, 0.29) is 0 Å². The summed E-state index contributed by atoms with van der Waals surface area (Å²) in [6, 6.07) is 0.638. The smallest absolute Gasteiger partial charge is 0.222 e. The molecule has 0 aromatic carbocycles. The molecule has 1 atom stereocenters. The van der Waals surface area contributed by atoms with Crippen LogP contribution in [0.4, 0.5) is 0 Å².